The largest absolute Gasteiger partial charge is 0.496 e. The highest BCUT2D eigenvalue weighted by Crippen LogP contribution is 2.31. The average molecular weight is 941 g/mol. The van der Waals surface area contributed by atoms with Crippen LogP contribution in [0.5, 0.6) is 11.5 Å². The van der Waals surface area contributed by atoms with Gasteiger partial charge in [-0.25, -0.2) is 14.8 Å². The van der Waals surface area contributed by atoms with Crippen LogP contribution in [-0.4, -0.2) is 129 Å². The molecule has 2 fully saturated rings. The fraction of sp³-hybridized carbons (Fsp3) is 0.314. The lowest BCUT2D eigenvalue weighted by molar-refractivity contribution is -0.0314. The summed E-state index contributed by atoms with van der Waals surface area (Å²) >= 11 is 0. The molecule has 4 heterocycles. The monoisotopic (exact) mass is 940 g/mol. The van der Waals surface area contributed by atoms with Gasteiger partial charge in [0, 0.05) is 66.5 Å². The lowest BCUT2D eigenvalue weighted by atomic mass is 10.0. The van der Waals surface area contributed by atoms with Crippen molar-refractivity contribution >= 4 is 62.6 Å². The molecule has 2 aliphatic rings. The number of hydrogen-bond donors (Lipinski definition) is 5. The molecule has 69 heavy (non-hydrogen) atoms. The van der Waals surface area contributed by atoms with Crippen LogP contribution in [0.3, 0.4) is 0 Å². The molecule has 2 saturated heterocycles. The van der Waals surface area contributed by atoms with Crippen LogP contribution >= 0.6 is 0 Å². The third-order valence-corrected chi connectivity index (χ3v) is 11.1. The molecule has 0 aliphatic carbocycles. The summed E-state index contributed by atoms with van der Waals surface area (Å²) in [6, 6.07) is 28.1. The number of ether oxygens (including phenoxy) is 5. The Labute approximate surface area is 399 Å². The predicted molar refractivity (Wildman–Crippen MR) is 260 cm³/mol. The van der Waals surface area contributed by atoms with Crippen LogP contribution in [0, 0.1) is 0 Å². The van der Waals surface area contributed by atoms with Crippen molar-refractivity contribution in [2.45, 2.75) is 38.5 Å². The Morgan fingerprint density at radius 3 is 1.64 bits per heavy atom. The van der Waals surface area contributed by atoms with E-state index in [1.807, 2.05) is 48.5 Å². The Hall–Kier alpha value is -7.67. The molecule has 4 aromatic carbocycles. The number of aromatic nitrogens is 2. The van der Waals surface area contributed by atoms with E-state index < -0.39 is 23.6 Å². The van der Waals surface area contributed by atoms with E-state index in [1.165, 1.54) is 12.4 Å². The molecular weight excluding hydrogens is 885 g/mol. The van der Waals surface area contributed by atoms with Crippen LogP contribution in [0.1, 0.15) is 62.5 Å². The Morgan fingerprint density at radius 1 is 0.638 bits per heavy atom. The van der Waals surface area contributed by atoms with Crippen LogP contribution in [0.2, 0.25) is 0 Å². The first-order valence-electron chi connectivity index (χ1n) is 22.4. The zero-order valence-electron chi connectivity index (χ0n) is 39.1. The number of pyridine rings is 2. The minimum absolute atomic E-state index is 0.0464. The van der Waals surface area contributed by atoms with Crippen molar-refractivity contribution in [3.8, 4) is 11.5 Å². The van der Waals surface area contributed by atoms with Gasteiger partial charge in [0.25, 0.3) is 23.6 Å². The van der Waals surface area contributed by atoms with E-state index in [0.717, 1.165) is 28.1 Å². The van der Waals surface area contributed by atoms with Gasteiger partial charge in [-0.05, 0) is 80.1 Å². The lowest BCUT2D eigenvalue weighted by Gasteiger charge is -2.36. The zero-order valence-corrected chi connectivity index (χ0v) is 39.1. The first kappa shape index (κ1) is 49.2. The molecule has 6 aromatic rings. The highest BCUT2D eigenvalue weighted by molar-refractivity contribution is 6.16. The zero-order chi connectivity index (χ0) is 48.9. The van der Waals surface area contributed by atoms with Crippen molar-refractivity contribution in [2.24, 2.45) is 0 Å². The van der Waals surface area contributed by atoms with Crippen molar-refractivity contribution in [1.29, 1.82) is 0 Å². The third-order valence-electron chi connectivity index (χ3n) is 11.1. The standard InChI is InChI=1S/C28H32N4O6.C23H24N4O4/c1-28(2,3)38-27(35)32-14-15-37-17-18(32)16-30-26(34)24-22(10-7-13-29-24)31-25(33)21-11-12-23(36-4)20-9-6-5-8-19(20)21;1-30-20-9-8-18(16-5-2-3-6-17(16)20)22(28)27-19-7-4-10-25-21(19)23(29)26-13-15-14-31-12-11-24-15/h5-13,18H,14-17H2,1-4H3,(H,30,34)(H,31,33);2-10,15,24H,11-14H2,1H3,(H,26,29)(H,27,28). The van der Waals surface area contributed by atoms with Gasteiger partial charge in [0.1, 0.15) is 17.1 Å². The number of morpholine rings is 2. The van der Waals surface area contributed by atoms with Gasteiger partial charge in [-0.3, -0.25) is 24.1 Å². The van der Waals surface area contributed by atoms with Gasteiger partial charge in [-0.1, -0.05) is 48.5 Å². The summed E-state index contributed by atoms with van der Waals surface area (Å²) in [5.41, 5.74) is 1.10. The SMILES string of the molecule is COc1ccc(C(=O)Nc2cccnc2C(=O)NCC2COCCN2)c2ccccc12.COc1ccc(C(=O)Nc2cccnc2C(=O)NCC2COCCN2C(=O)OC(C)(C)C)c2ccccc12. The van der Waals surface area contributed by atoms with Gasteiger partial charge in [0.15, 0.2) is 11.4 Å². The summed E-state index contributed by atoms with van der Waals surface area (Å²) in [6.07, 6.45) is 2.54. The molecule has 2 aromatic heterocycles. The molecule has 0 spiro atoms. The second kappa shape index (κ2) is 22.9. The fourth-order valence-electron chi connectivity index (χ4n) is 7.78. The van der Waals surface area contributed by atoms with E-state index in [-0.39, 0.29) is 54.0 Å². The second-order valence-electron chi connectivity index (χ2n) is 17.0. The summed E-state index contributed by atoms with van der Waals surface area (Å²) in [6.45, 7) is 8.90. The number of nitrogens with zero attached hydrogens (tertiary/aromatic N) is 3. The van der Waals surface area contributed by atoms with Crippen molar-refractivity contribution in [2.75, 3.05) is 77.5 Å². The number of anilines is 2. The second-order valence-corrected chi connectivity index (χ2v) is 17.0. The maximum absolute atomic E-state index is 13.3. The van der Waals surface area contributed by atoms with Gasteiger partial charge in [0.2, 0.25) is 0 Å². The Bertz CT molecular complexity index is 2810. The Balaban J connectivity index is 0.000000208. The van der Waals surface area contributed by atoms with Crippen molar-refractivity contribution in [3.05, 3.63) is 132 Å². The van der Waals surface area contributed by atoms with Crippen LogP contribution in [0.15, 0.2) is 109 Å². The molecule has 2 unspecified atom stereocenters. The van der Waals surface area contributed by atoms with E-state index in [1.54, 1.807) is 88.4 Å². The molecule has 0 bridgehead atoms. The molecule has 5 amide bonds. The van der Waals surface area contributed by atoms with Gasteiger partial charge in [-0.15, -0.1) is 0 Å². The normalized spacial score (nSPS) is 15.8. The summed E-state index contributed by atoms with van der Waals surface area (Å²) < 4.78 is 27.2. The number of rotatable bonds is 12. The first-order valence-corrected chi connectivity index (χ1v) is 22.4. The number of hydrogen-bond acceptors (Lipinski definition) is 13. The molecule has 2 atom stereocenters. The maximum atomic E-state index is 13.3. The van der Waals surface area contributed by atoms with Gasteiger partial charge < -0.3 is 50.3 Å². The van der Waals surface area contributed by atoms with E-state index >= 15 is 0 Å². The van der Waals surface area contributed by atoms with E-state index in [2.05, 4.69) is 36.6 Å². The summed E-state index contributed by atoms with van der Waals surface area (Å²) in [7, 11) is 3.17. The van der Waals surface area contributed by atoms with Crippen molar-refractivity contribution in [1.82, 2.24) is 30.8 Å². The number of carbonyl (C=O) groups is 5. The summed E-state index contributed by atoms with van der Waals surface area (Å²) in [5.74, 6) is -0.219. The predicted octanol–water partition coefficient (Wildman–Crippen LogP) is 6.08. The van der Waals surface area contributed by atoms with E-state index in [0.29, 0.717) is 61.2 Å². The highest BCUT2D eigenvalue weighted by atomic mass is 16.6. The third kappa shape index (κ3) is 12.5. The molecular formula is C51H56N8O10. The molecule has 18 nitrogen and oxygen atoms in total. The Kier molecular flexibility index (Phi) is 16.3. The molecule has 2 aliphatic heterocycles. The number of methoxy groups -OCH3 is 2. The van der Waals surface area contributed by atoms with E-state index in [9.17, 15) is 24.0 Å². The number of nitrogens with one attached hydrogen (secondary N) is 5. The average Bonchev–Trinajstić information content (AvgIpc) is 3.36. The number of amides is 5. The topological polar surface area (TPSA) is 221 Å². The summed E-state index contributed by atoms with van der Waals surface area (Å²) in [4.78, 5) is 74.7. The smallest absolute Gasteiger partial charge is 0.410 e. The quantitative estimate of drug-likeness (QED) is 0.0941. The number of fused-ring (bicyclic) bond motifs is 2. The first-order chi connectivity index (χ1) is 33.3. The minimum Gasteiger partial charge on any atom is -0.496 e. The fourth-order valence-corrected chi connectivity index (χ4v) is 7.78. The summed E-state index contributed by atoms with van der Waals surface area (Å²) in [5, 5.41) is 17.7. The Morgan fingerprint density at radius 2 is 1.14 bits per heavy atom. The van der Waals surface area contributed by atoms with Crippen LogP contribution in [-0.2, 0) is 14.2 Å². The van der Waals surface area contributed by atoms with Gasteiger partial charge in [0.05, 0.1) is 58.1 Å². The maximum Gasteiger partial charge on any atom is 0.410 e. The van der Waals surface area contributed by atoms with Crippen molar-refractivity contribution < 1.29 is 47.7 Å². The molecule has 0 radical (unpaired) electrons. The number of carbonyl (C=O) groups excluding carboxylic acids is 5. The molecule has 8 rings (SSSR count). The van der Waals surface area contributed by atoms with Gasteiger partial charge >= 0.3 is 6.09 Å². The van der Waals surface area contributed by atoms with Gasteiger partial charge in [-0.2, -0.15) is 0 Å². The minimum atomic E-state index is -0.639. The molecule has 5 N–H and O–H groups in total. The number of benzene rings is 4. The lowest BCUT2D eigenvalue weighted by Crippen LogP contribution is -2.54. The van der Waals surface area contributed by atoms with Crippen LogP contribution < -0.4 is 36.1 Å². The highest BCUT2D eigenvalue weighted by Gasteiger charge is 2.32. The van der Waals surface area contributed by atoms with E-state index in [4.69, 9.17) is 23.7 Å². The van der Waals surface area contributed by atoms with Crippen molar-refractivity contribution in [3.63, 3.8) is 0 Å². The van der Waals surface area contributed by atoms with Crippen LogP contribution in [0.4, 0.5) is 16.2 Å². The van der Waals surface area contributed by atoms with Crippen LogP contribution in [0.25, 0.3) is 21.5 Å². The molecule has 360 valence electrons. The molecule has 0 saturated carbocycles. The molecule has 18 heteroatoms.